The first-order valence-corrected chi connectivity index (χ1v) is 13.1. The van der Waals surface area contributed by atoms with Gasteiger partial charge in [0.25, 0.3) is 0 Å². The van der Waals surface area contributed by atoms with E-state index >= 15 is 0 Å². The van der Waals surface area contributed by atoms with E-state index in [0.29, 0.717) is 5.56 Å². The first-order chi connectivity index (χ1) is 15.7. The molecule has 0 bridgehead atoms. The molecule has 3 heterocycles. The fourth-order valence-corrected chi connectivity index (χ4v) is 5.56. The normalized spacial score (nSPS) is 28.4. The summed E-state index contributed by atoms with van der Waals surface area (Å²) in [5.74, 6) is -0.490. The van der Waals surface area contributed by atoms with Gasteiger partial charge in [-0.2, -0.15) is 0 Å². The molecule has 34 heavy (non-hydrogen) atoms. The van der Waals surface area contributed by atoms with E-state index in [-0.39, 0.29) is 40.5 Å². The minimum absolute atomic E-state index is 0.00508. The molecule has 3 rings (SSSR count). The van der Waals surface area contributed by atoms with Crippen molar-refractivity contribution in [2.24, 2.45) is 0 Å². The summed E-state index contributed by atoms with van der Waals surface area (Å²) in [6, 6.07) is 1.45. The van der Waals surface area contributed by atoms with Crippen LogP contribution in [0.3, 0.4) is 0 Å². The average molecular weight is 519 g/mol. The maximum absolute atomic E-state index is 14.7. The summed E-state index contributed by atoms with van der Waals surface area (Å²) in [6.07, 6.45) is -3.23. The Morgan fingerprint density at radius 1 is 1.29 bits per heavy atom. The molecule has 0 saturated carbocycles. The molecule has 0 spiro atoms. The number of fused-ring (bicyclic) bond motifs is 1. The third-order valence-corrected chi connectivity index (χ3v) is 9.25. The summed E-state index contributed by atoms with van der Waals surface area (Å²) >= 11 is 5.37. The quantitative estimate of drug-likeness (QED) is 0.260. The Balaban J connectivity index is 1.90. The third-order valence-electron chi connectivity index (χ3n) is 6.69. The van der Waals surface area contributed by atoms with Crippen LogP contribution in [0.25, 0.3) is 11.0 Å². The minimum atomic E-state index is -4.46. The van der Waals surface area contributed by atoms with E-state index < -0.39 is 48.8 Å². The van der Waals surface area contributed by atoms with Gasteiger partial charge in [-0.05, 0) is 39.7 Å². The van der Waals surface area contributed by atoms with E-state index in [1.54, 1.807) is 27.7 Å². The number of ether oxygens (including phenoxy) is 1. The zero-order valence-electron chi connectivity index (χ0n) is 19.8. The van der Waals surface area contributed by atoms with Crippen molar-refractivity contribution >= 4 is 30.8 Å². The molecule has 7 unspecified atom stereocenters. The SMILES string of the molecule is CCC(C)(CC1OC(c2cc3c(F)c(C)cnc3[nH]c2=S)C(O)C1O)OP(=O)(O)C(C)(O)CC. The number of nitrogens with zero attached hydrogens (tertiary/aromatic N) is 1. The predicted octanol–water partition coefficient (Wildman–Crippen LogP) is 3.78. The highest BCUT2D eigenvalue weighted by Crippen LogP contribution is 2.59. The second-order valence-corrected chi connectivity index (χ2v) is 11.9. The van der Waals surface area contributed by atoms with Gasteiger partial charge >= 0.3 is 7.60 Å². The van der Waals surface area contributed by atoms with Gasteiger partial charge in [-0.25, -0.2) is 9.37 Å². The van der Waals surface area contributed by atoms with Gasteiger partial charge in [-0.15, -0.1) is 0 Å². The molecule has 190 valence electrons. The number of aliphatic hydroxyl groups is 3. The van der Waals surface area contributed by atoms with Gasteiger partial charge in [0.2, 0.25) is 0 Å². The van der Waals surface area contributed by atoms with Gasteiger partial charge in [0.05, 0.1) is 17.1 Å². The second-order valence-electron chi connectivity index (χ2n) is 9.34. The second kappa shape index (κ2) is 9.63. The Labute approximate surface area is 202 Å². The lowest BCUT2D eigenvalue weighted by atomic mass is 9.92. The smallest absolute Gasteiger partial charge is 0.359 e. The van der Waals surface area contributed by atoms with E-state index in [4.69, 9.17) is 21.5 Å². The molecule has 7 atom stereocenters. The number of halogens is 1. The van der Waals surface area contributed by atoms with Gasteiger partial charge < -0.3 is 34.5 Å². The van der Waals surface area contributed by atoms with Crippen LogP contribution < -0.4 is 0 Å². The van der Waals surface area contributed by atoms with Crippen molar-refractivity contribution in [2.75, 3.05) is 0 Å². The molecule has 12 heteroatoms. The van der Waals surface area contributed by atoms with Crippen molar-refractivity contribution in [3.05, 3.63) is 33.8 Å². The number of rotatable bonds is 8. The van der Waals surface area contributed by atoms with Crippen LogP contribution in [-0.2, 0) is 13.8 Å². The van der Waals surface area contributed by atoms with Crippen LogP contribution in [0.15, 0.2) is 12.3 Å². The standard InChI is InChI=1S/C22H32FN2O7PS/c1-6-21(4,32-33(29,30)22(5,28)7-2)9-14-16(26)17(27)18(31-14)13-8-12-15(23)11(3)10-24-19(12)25-20(13)34/h8,10,14,16-18,26-28H,6-7,9H2,1-5H3,(H,29,30)(H,24,25,34). The van der Waals surface area contributed by atoms with Crippen LogP contribution >= 0.6 is 19.8 Å². The molecular weight excluding hydrogens is 486 g/mol. The molecule has 2 aromatic rings. The summed E-state index contributed by atoms with van der Waals surface area (Å²) in [5.41, 5.74) is -0.399. The van der Waals surface area contributed by atoms with Crippen molar-refractivity contribution in [2.45, 2.75) is 89.2 Å². The van der Waals surface area contributed by atoms with Crippen LogP contribution in [0.1, 0.15) is 64.2 Å². The lowest BCUT2D eigenvalue weighted by molar-refractivity contribution is -0.0531. The highest BCUT2D eigenvalue weighted by atomic mass is 32.1. The maximum atomic E-state index is 14.7. The molecule has 1 saturated heterocycles. The molecule has 9 nitrogen and oxygen atoms in total. The van der Waals surface area contributed by atoms with Gasteiger partial charge in [-0.3, -0.25) is 4.57 Å². The van der Waals surface area contributed by atoms with Crippen molar-refractivity contribution in [1.29, 1.82) is 0 Å². The summed E-state index contributed by atoms with van der Waals surface area (Å²) in [4.78, 5) is 17.4. The monoisotopic (exact) mass is 518 g/mol. The number of pyridine rings is 2. The molecule has 5 N–H and O–H groups in total. The first-order valence-electron chi connectivity index (χ1n) is 11.1. The number of nitrogens with one attached hydrogen (secondary N) is 1. The van der Waals surface area contributed by atoms with Crippen LogP contribution in [0, 0.1) is 17.4 Å². The topological polar surface area (TPSA) is 145 Å². The summed E-state index contributed by atoms with van der Waals surface area (Å²) < 4.78 is 39.1. The van der Waals surface area contributed by atoms with Crippen molar-refractivity contribution < 1.29 is 38.4 Å². The number of aryl methyl sites for hydroxylation is 1. The number of aliphatic hydroxyl groups excluding tert-OH is 2. The van der Waals surface area contributed by atoms with Crippen LogP contribution in [-0.4, -0.2) is 59.4 Å². The molecule has 1 fully saturated rings. The highest BCUT2D eigenvalue weighted by molar-refractivity contribution is 7.71. The number of hydrogen-bond donors (Lipinski definition) is 5. The number of aromatic nitrogens is 2. The Kier molecular flexibility index (Phi) is 7.73. The molecule has 0 aromatic carbocycles. The predicted molar refractivity (Wildman–Crippen MR) is 126 cm³/mol. The lowest BCUT2D eigenvalue weighted by Gasteiger charge is -2.37. The Hall–Kier alpha value is -1.30. The Morgan fingerprint density at radius 3 is 2.53 bits per heavy atom. The Morgan fingerprint density at radius 2 is 1.94 bits per heavy atom. The lowest BCUT2D eigenvalue weighted by Crippen LogP contribution is -2.40. The zero-order chi connectivity index (χ0) is 25.6. The van der Waals surface area contributed by atoms with Crippen molar-refractivity contribution in [3.8, 4) is 0 Å². The van der Waals surface area contributed by atoms with Crippen LogP contribution in [0.5, 0.6) is 0 Å². The van der Waals surface area contributed by atoms with Crippen LogP contribution in [0.2, 0.25) is 0 Å². The van der Waals surface area contributed by atoms with Crippen LogP contribution in [0.4, 0.5) is 4.39 Å². The number of hydrogen-bond acceptors (Lipinski definition) is 8. The van der Waals surface area contributed by atoms with Gasteiger partial charge in [0, 0.05) is 23.7 Å². The van der Waals surface area contributed by atoms with E-state index in [0.717, 1.165) is 0 Å². The molecule has 0 amide bonds. The van der Waals surface area contributed by atoms with E-state index in [9.17, 15) is 29.2 Å². The van der Waals surface area contributed by atoms with E-state index in [1.807, 2.05) is 0 Å². The summed E-state index contributed by atoms with van der Waals surface area (Å²) in [7, 11) is -4.46. The fraction of sp³-hybridized carbons (Fsp3) is 0.636. The first kappa shape index (κ1) is 27.3. The van der Waals surface area contributed by atoms with E-state index in [1.165, 1.54) is 19.2 Å². The summed E-state index contributed by atoms with van der Waals surface area (Å²) in [5, 5.41) is 30.0. The maximum Gasteiger partial charge on any atom is 0.359 e. The highest BCUT2D eigenvalue weighted by Gasteiger charge is 2.50. The average Bonchev–Trinajstić information content (AvgIpc) is 3.03. The molecule has 1 aliphatic heterocycles. The third kappa shape index (κ3) is 4.99. The van der Waals surface area contributed by atoms with E-state index in [2.05, 4.69) is 9.97 Å². The van der Waals surface area contributed by atoms with Crippen molar-refractivity contribution in [3.63, 3.8) is 0 Å². The van der Waals surface area contributed by atoms with Gasteiger partial charge in [0.1, 0.15) is 34.4 Å². The van der Waals surface area contributed by atoms with Gasteiger partial charge in [-0.1, -0.05) is 26.1 Å². The Bertz CT molecular complexity index is 1180. The number of H-pyrrole nitrogens is 1. The molecule has 0 radical (unpaired) electrons. The number of aromatic amines is 1. The van der Waals surface area contributed by atoms with Crippen molar-refractivity contribution in [1.82, 2.24) is 9.97 Å². The fourth-order valence-electron chi connectivity index (χ4n) is 3.89. The molecule has 0 aliphatic carbocycles. The molecule has 1 aliphatic rings. The largest absolute Gasteiger partial charge is 0.388 e. The minimum Gasteiger partial charge on any atom is -0.388 e. The summed E-state index contributed by atoms with van der Waals surface area (Å²) in [6.45, 7) is 7.66. The zero-order valence-corrected chi connectivity index (χ0v) is 21.5. The molecule has 2 aromatic heterocycles. The molecular formula is C22H32FN2O7PS. The van der Waals surface area contributed by atoms with Gasteiger partial charge in [0.15, 0.2) is 5.34 Å².